The average molecular weight is 238 g/mol. The van der Waals surface area contributed by atoms with Crippen LogP contribution < -0.4 is 5.73 Å². The normalized spacial score (nSPS) is 29.9. The number of hydrogen-bond acceptors (Lipinski definition) is 4. The highest BCUT2D eigenvalue weighted by molar-refractivity contribution is 7.09. The molecule has 2 unspecified atom stereocenters. The van der Waals surface area contributed by atoms with Crippen LogP contribution in [-0.4, -0.2) is 17.2 Å². The van der Waals surface area contributed by atoms with Gasteiger partial charge in [-0.25, -0.2) is 0 Å². The molecule has 1 aromatic heterocycles. The predicted molar refractivity (Wildman–Crippen MR) is 64.3 cm³/mol. The molecule has 1 aliphatic carbocycles. The molecule has 2 aliphatic rings. The van der Waals surface area contributed by atoms with Gasteiger partial charge in [-0.2, -0.15) is 0 Å². The van der Waals surface area contributed by atoms with Gasteiger partial charge < -0.3 is 10.5 Å². The molecule has 1 spiro atoms. The van der Waals surface area contributed by atoms with Gasteiger partial charge in [-0.05, 0) is 38.0 Å². The minimum Gasteiger partial charge on any atom is -0.375 e. The molecule has 1 aliphatic heterocycles. The van der Waals surface area contributed by atoms with Crippen LogP contribution in [0.1, 0.15) is 43.0 Å². The zero-order valence-electron chi connectivity index (χ0n) is 9.39. The van der Waals surface area contributed by atoms with Gasteiger partial charge in [0, 0.05) is 23.7 Å². The molecule has 2 fully saturated rings. The van der Waals surface area contributed by atoms with Crippen molar-refractivity contribution in [3.05, 3.63) is 16.6 Å². The van der Waals surface area contributed by atoms with E-state index in [2.05, 4.69) is 4.98 Å². The Morgan fingerprint density at radius 3 is 3.06 bits per heavy atom. The molecule has 2 heterocycles. The Labute approximate surface area is 100 Å². The van der Waals surface area contributed by atoms with E-state index in [1.165, 1.54) is 24.1 Å². The van der Waals surface area contributed by atoms with E-state index in [1.54, 1.807) is 11.3 Å². The second kappa shape index (κ2) is 4.09. The number of nitrogens with two attached hydrogens (primary N) is 1. The Balaban J connectivity index is 1.70. The Morgan fingerprint density at radius 2 is 2.44 bits per heavy atom. The van der Waals surface area contributed by atoms with Crippen molar-refractivity contribution in [3.63, 3.8) is 0 Å². The first kappa shape index (κ1) is 10.7. The molecule has 1 saturated heterocycles. The number of ether oxygens (including phenoxy) is 1. The molecule has 2 atom stereocenters. The molecule has 0 aromatic carbocycles. The van der Waals surface area contributed by atoms with Crippen molar-refractivity contribution in [3.8, 4) is 0 Å². The Morgan fingerprint density at radius 1 is 1.56 bits per heavy atom. The number of nitrogens with zero attached hydrogens (tertiary/aromatic N) is 1. The van der Waals surface area contributed by atoms with Crippen molar-refractivity contribution in [2.45, 2.75) is 43.7 Å². The van der Waals surface area contributed by atoms with Gasteiger partial charge in [0.1, 0.15) is 0 Å². The number of thiazole rings is 1. The molecule has 0 radical (unpaired) electrons. The summed E-state index contributed by atoms with van der Waals surface area (Å²) in [5.74, 6) is 0.578. The lowest BCUT2D eigenvalue weighted by atomic mass is 9.70. The van der Waals surface area contributed by atoms with E-state index >= 15 is 0 Å². The smallest absolute Gasteiger partial charge is 0.0794 e. The summed E-state index contributed by atoms with van der Waals surface area (Å²) in [6.45, 7) is 0.886. The lowest BCUT2D eigenvalue weighted by molar-refractivity contribution is -0.146. The fourth-order valence-electron chi connectivity index (χ4n) is 2.91. The van der Waals surface area contributed by atoms with E-state index in [1.807, 2.05) is 11.7 Å². The molecule has 0 amide bonds. The highest BCUT2D eigenvalue weighted by Gasteiger charge is 2.44. The maximum Gasteiger partial charge on any atom is 0.0794 e. The molecule has 2 N–H and O–H groups in total. The third kappa shape index (κ3) is 1.79. The van der Waals surface area contributed by atoms with Gasteiger partial charge in [0.15, 0.2) is 0 Å². The summed E-state index contributed by atoms with van der Waals surface area (Å²) in [7, 11) is 0. The minimum absolute atomic E-state index is 0.161. The average Bonchev–Trinajstić information content (AvgIpc) is 2.79. The van der Waals surface area contributed by atoms with Crippen LogP contribution in [0.5, 0.6) is 0 Å². The van der Waals surface area contributed by atoms with Crippen molar-refractivity contribution in [2.75, 3.05) is 6.61 Å². The summed E-state index contributed by atoms with van der Waals surface area (Å²) in [6, 6.07) is 0.161. The fraction of sp³-hybridized carbons (Fsp3) is 0.750. The van der Waals surface area contributed by atoms with Gasteiger partial charge in [-0.3, -0.25) is 4.98 Å². The van der Waals surface area contributed by atoms with Crippen molar-refractivity contribution in [2.24, 2.45) is 11.7 Å². The first-order chi connectivity index (χ1) is 7.79. The monoisotopic (exact) mass is 238 g/mol. The maximum absolute atomic E-state index is 6.33. The zero-order valence-corrected chi connectivity index (χ0v) is 10.2. The largest absolute Gasteiger partial charge is 0.375 e. The highest BCUT2D eigenvalue weighted by Crippen LogP contribution is 2.46. The lowest BCUT2D eigenvalue weighted by Gasteiger charge is -2.48. The van der Waals surface area contributed by atoms with Gasteiger partial charge in [0.2, 0.25) is 0 Å². The van der Waals surface area contributed by atoms with E-state index in [4.69, 9.17) is 10.5 Å². The van der Waals surface area contributed by atoms with Crippen LogP contribution >= 0.6 is 11.3 Å². The lowest BCUT2D eigenvalue weighted by Crippen LogP contribution is -2.47. The van der Waals surface area contributed by atoms with Gasteiger partial charge in [-0.1, -0.05) is 0 Å². The summed E-state index contributed by atoms with van der Waals surface area (Å²) < 4.78 is 5.93. The third-order valence-electron chi connectivity index (χ3n) is 4.08. The standard InChI is InChI=1S/C12H18N2OS/c13-11(10-7-14-8-16-10)9-2-5-15-12(6-9)3-1-4-12/h7-9,11H,1-6,13H2. The molecule has 88 valence electrons. The Kier molecular flexibility index (Phi) is 2.73. The fourth-order valence-corrected chi connectivity index (χ4v) is 3.63. The summed E-state index contributed by atoms with van der Waals surface area (Å²) >= 11 is 1.67. The van der Waals surface area contributed by atoms with E-state index in [0.717, 1.165) is 19.4 Å². The quantitative estimate of drug-likeness (QED) is 0.861. The number of hydrogen-bond donors (Lipinski definition) is 1. The Bertz CT molecular complexity index is 348. The predicted octanol–water partition coefficient (Wildman–Crippen LogP) is 2.49. The summed E-state index contributed by atoms with van der Waals surface area (Å²) in [5.41, 5.74) is 8.40. The van der Waals surface area contributed by atoms with Crippen LogP contribution in [0.2, 0.25) is 0 Å². The van der Waals surface area contributed by atoms with Crippen LogP contribution in [0.4, 0.5) is 0 Å². The summed E-state index contributed by atoms with van der Waals surface area (Å²) in [6.07, 6.45) is 7.95. The van der Waals surface area contributed by atoms with Crippen LogP contribution in [-0.2, 0) is 4.74 Å². The van der Waals surface area contributed by atoms with E-state index in [-0.39, 0.29) is 11.6 Å². The number of aromatic nitrogens is 1. The molecule has 16 heavy (non-hydrogen) atoms. The van der Waals surface area contributed by atoms with Gasteiger partial charge >= 0.3 is 0 Å². The third-order valence-corrected chi connectivity index (χ3v) is 4.96. The van der Waals surface area contributed by atoms with Crippen LogP contribution in [0.15, 0.2) is 11.7 Å². The SMILES string of the molecule is NC(c1cncs1)C1CCOC2(CCC2)C1. The van der Waals surface area contributed by atoms with E-state index in [9.17, 15) is 0 Å². The molecule has 4 heteroatoms. The van der Waals surface area contributed by atoms with Gasteiger partial charge in [0.25, 0.3) is 0 Å². The van der Waals surface area contributed by atoms with Crippen LogP contribution in [0.25, 0.3) is 0 Å². The molecular weight excluding hydrogens is 220 g/mol. The second-order valence-corrected chi connectivity index (χ2v) is 5.99. The summed E-state index contributed by atoms with van der Waals surface area (Å²) in [5, 5.41) is 0. The van der Waals surface area contributed by atoms with E-state index < -0.39 is 0 Å². The Hall–Kier alpha value is -0.450. The van der Waals surface area contributed by atoms with E-state index in [0.29, 0.717) is 5.92 Å². The van der Waals surface area contributed by atoms with Crippen LogP contribution in [0.3, 0.4) is 0 Å². The topological polar surface area (TPSA) is 48.1 Å². The molecule has 3 nitrogen and oxygen atoms in total. The van der Waals surface area contributed by atoms with Crippen LogP contribution in [0, 0.1) is 5.92 Å². The zero-order chi connectivity index (χ0) is 11.0. The molecule has 1 aromatic rings. The first-order valence-corrected chi connectivity index (χ1v) is 6.95. The summed E-state index contributed by atoms with van der Waals surface area (Å²) in [4.78, 5) is 5.34. The van der Waals surface area contributed by atoms with Gasteiger partial charge in [0.05, 0.1) is 11.1 Å². The molecule has 1 saturated carbocycles. The first-order valence-electron chi connectivity index (χ1n) is 6.07. The van der Waals surface area contributed by atoms with Crippen molar-refractivity contribution >= 4 is 11.3 Å². The van der Waals surface area contributed by atoms with Crippen molar-refractivity contribution < 1.29 is 4.74 Å². The minimum atomic E-state index is 0.161. The number of rotatable bonds is 2. The maximum atomic E-state index is 6.33. The molecule has 3 rings (SSSR count). The molecule has 0 bridgehead atoms. The second-order valence-electron chi connectivity index (χ2n) is 5.07. The molecular formula is C12H18N2OS. The van der Waals surface area contributed by atoms with Gasteiger partial charge in [-0.15, -0.1) is 11.3 Å². The highest BCUT2D eigenvalue weighted by atomic mass is 32.1. The van der Waals surface area contributed by atoms with Crippen molar-refractivity contribution in [1.29, 1.82) is 0 Å². The van der Waals surface area contributed by atoms with Crippen molar-refractivity contribution in [1.82, 2.24) is 4.98 Å².